The number of likely N-dealkylation sites (tertiary alicyclic amines) is 2. The molecule has 9 nitrogen and oxygen atoms in total. The van der Waals surface area contributed by atoms with E-state index in [4.69, 9.17) is 4.74 Å². The van der Waals surface area contributed by atoms with Crippen molar-refractivity contribution in [2.24, 2.45) is 17.3 Å². The summed E-state index contributed by atoms with van der Waals surface area (Å²) in [5, 5.41) is 2.75. The van der Waals surface area contributed by atoms with E-state index < -0.39 is 17.6 Å². The maximum absolute atomic E-state index is 13.6. The minimum absolute atomic E-state index is 0.0263. The first-order valence-corrected chi connectivity index (χ1v) is 11.9. The predicted molar refractivity (Wildman–Crippen MR) is 116 cm³/mol. The first-order chi connectivity index (χ1) is 15.2. The fraction of sp³-hybridized carbons (Fsp3) is 0.826. The largest absolute Gasteiger partial charge is 0.448 e. The van der Waals surface area contributed by atoms with Gasteiger partial charge in [0, 0.05) is 19.0 Å². The van der Waals surface area contributed by atoms with Crippen molar-refractivity contribution in [1.82, 2.24) is 20.0 Å². The Labute approximate surface area is 189 Å². The first-order valence-electron chi connectivity index (χ1n) is 11.9. The topological polar surface area (TPSA) is 99.3 Å². The van der Waals surface area contributed by atoms with Crippen LogP contribution in [0.15, 0.2) is 0 Å². The third-order valence-corrected chi connectivity index (χ3v) is 7.58. The number of nitrogens with zero attached hydrogens (tertiary/aromatic N) is 3. The van der Waals surface area contributed by atoms with E-state index in [9.17, 15) is 19.2 Å². The van der Waals surface area contributed by atoms with Gasteiger partial charge >= 0.3 is 6.09 Å². The number of likely N-dealkylation sites (N-methyl/N-ethyl adjacent to an activating group) is 1. The van der Waals surface area contributed by atoms with Crippen LogP contribution in [0, 0.1) is 17.3 Å². The van der Waals surface area contributed by atoms with Crippen molar-refractivity contribution in [1.29, 1.82) is 0 Å². The highest BCUT2D eigenvalue weighted by molar-refractivity contribution is 6.04. The third kappa shape index (κ3) is 3.89. The predicted octanol–water partition coefficient (Wildman–Crippen LogP) is 1.22. The number of fused-ring (bicyclic) bond motifs is 2. The van der Waals surface area contributed by atoms with Crippen LogP contribution in [0.25, 0.3) is 0 Å². The van der Waals surface area contributed by atoms with Crippen molar-refractivity contribution in [3.05, 3.63) is 0 Å². The molecule has 0 bridgehead atoms. The average Bonchev–Trinajstić information content (AvgIpc) is 3.40. The number of hydrogen-bond donors (Lipinski definition) is 1. The quantitative estimate of drug-likeness (QED) is 0.588. The molecule has 2 heterocycles. The Morgan fingerprint density at radius 1 is 1.19 bits per heavy atom. The monoisotopic (exact) mass is 448 g/mol. The number of carbonyl (C=O) groups excluding carboxylic acids is 4. The summed E-state index contributed by atoms with van der Waals surface area (Å²) in [6.45, 7) is 5.11. The zero-order valence-electron chi connectivity index (χ0n) is 19.6. The van der Waals surface area contributed by atoms with Gasteiger partial charge in [-0.1, -0.05) is 20.3 Å². The fourth-order valence-corrected chi connectivity index (χ4v) is 5.52. The van der Waals surface area contributed by atoms with Crippen LogP contribution in [0.2, 0.25) is 0 Å². The zero-order chi connectivity index (χ0) is 23.2. The second-order valence-corrected chi connectivity index (χ2v) is 10.4. The molecule has 1 spiro atoms. The summed E-state index contributed by atoms with van der Waals surface area (Å²) in [6.07, 6.45) is 4.08. The molecule has 0 aromatic carbocycles. The molecule has 2 saturated heterocycles. The molecular weight excluding hydrogens is 412 g/mol. The average molecular weight is 449 g/mol. The Kier molecular flexibility index (Phi) is 6.22. The molecule has 2 saturated carbocycles. The molecule has 0 radical (unpaired) electrons. The normalized spacial score (nSPS) is 27.0. The van der Waals surface area contributed by atoms with Crippen LogP contribution in [0.5, 0.6) is 0 Å². The Morgan fingerprint density at radius 2 is 1.88 bits per heavy atom. The van der Waals surface area contributed by atoms with E-state index in [2.05, 4.69) is 5.32 Å². The van der Waals surface area contributed by atoms with Crippen molar-refractivity contribution >= 4 is 23.8 Å². The summed E-state index contributed by atoms with van der Waals surface area (Å²) in [4.78, 5) is 57.5. The Morgan fingerprint density at radius 3 is 2.41 bits per heavy atom. The summed E-state index contributed by atoms with van der Waals surface area (Å²) < 4.78 is 5.24. The molecule has 9 heteroatoms. The maximum atomic E-state index is 13.6. The van der Waals surface area contributed by atoms with Gasteiger partial charge in [-0.2, -0.15) is 0 Å². The summed E-state index contributed by atoms with van der Waals surface area (Å²) in [7, 11) is 3.78. The molecule has 0 aromatic rings. The number of rotatable bonds is 7. The van der Waals surface area contributed by atoms with E-state index in [1.807, 2.05) is 32.8 Å². The van der Waals surface area contributed by atoms with Crippen LogP contribution >= 0.6 is 0 Å². The van der Waals surface area contributed by atoms with E-state index in [0.29, 0.717) is 19.5 Å². The third-order valence-electron chi connectivity index (χ3n) is 7.58. The van der Waals surface area contributed by atoms with Gasteiger partial charge in [-0.3, -0.25) is 19.3 Å². The van der Waals surface area contributed by atoms with E-state index in [-0.39, 0.29) is 48.2 Å². The number of ether oxygens (including phenoxy) is 1. The van der Waals surface area contributed by atoms with Crippen molar-refractivity contribution < 1.29 is 23.9 Å². The lowest BCUT2D eigenvalue weighted by atomic mass is 9.64. The SMILES string of the molecule is CC(C)[C@H](NC(=O)OCCN(C)C)C(=O)N1CC[C@H]2[C@H]1C1(CCC1)C(=O)N2C(=O)C1CC1. The van der Waals surface area contributed by atoms with Crippen LogP contribution < -0.4 is 5.32 Å². The van der Waals surface area contributed by atoms with Gasteiger partial charge in [0.05, 0.1) is 17.5 Å². The summed E-state index contributed by atoms with van der Waals surface area (Å²) in [5.41, 5.74) is -0.630. The molecule has 2 aliphatic heterocycles. The molecule has 0 aromatic heterocycles. The van der Waals surface area contributed by atoms with Gasteiger partial charge in [-0.15, -0.1) is 0 Å². The molecule has 3 atom stereocenters. The van der Waals surface area contributed by atoms with Crippen LogP contribution in [0.1, 0.15) is 52.4 Å². The number of hydrogen-bond acceptors (Lipinski definition) is 6. The molecule has 2 aliphatic carbocycles. The zero-order valence-corrected chi connectivity index (χ0v) is 19.6. The Bertz CT molecular complexity index is 789. The molecule has 4 rings (SSSR count). The van der Waals surface area contributed by atoms with Gasteiger partial charge in [0.25, 0.3) is 0 Å². The molecule has 1 N–H and O–H groups in total. The number of alkyl carbamates (subject to hydrolysis) is 1. The van der Waals surface area contributed by atoms with E-state index in [1.165, 1.54) is 4.90 Å². The first kappa shape index (κ1) is 23.0. The van der Waals surface area contributed by atoms with Gasteiger partial charge in [0.2, 0.25) is 17.7 Å². The van der Waals surface area contributed by atoms with Crippen LogP contribution in [0.4, 0.5) is 4.79 Å². The molecule has 4 aliphatic rings. The van der Waals surface area contributed by atoms with Gasteiger partial charge < -0.3 is 19.9 Å². The van der Waals surface area contributed by atoms with Gasteiger partial charge in [-0.05, 0) is 52.1 Å². The van der Waals surface area contributed by atoms with Crippen LogP contribution in [0.3, 0.4) is 0 Å². The lowest BCUT2D eigenvalue weighted by Crippen LogP contribution is -2.58. The van der Waals surface area contributed by atoms with Crippen molar-refractivity contribution in [3.63, 3.8) is 0 Å². The molecular formula is C23H36N4O5. The minimum atomic E-state index is -0.735. The standard InChI is InChI=1S/C23H36N4O5/c1-14(2)17(24-22(31)32-13-12-25(3)4)20(29)26-11-8-16-18(26)23(9-5-10-23)21(30)27(16)19(28)15-6-7-15/h14-18H,5-13H2,1-4H3,(H,24,31)/t16-,17-,18-/m0/s1. The second kappa shape index (κ2) is 8.65. The van der Waals surface area contributed by atoms with Gasteiger partial charge in [0.15, 0.2) is 0 Å². The van der Waals surface area contributed by atoms with E-state index in [1.54, 1.807) is 4.90 Å². The van der Waals surface area contributed by atoms with Crippen LogP contribution in [-0.2, 0) is 19.1 Å². The summed E-state index contributed by atoms with van der Waals surface area (Å²) >= 11 is 0. The Hall–Kier alpha value is -2.16. The molecule has 32 heavy (non-hydrogen) atoms. The van der Waals surface area contributed by atoms with Crippen molar-refractivity contribution in [2.75, 3.05) is 33.8 Å². The Balaban J connectivity index is 1.50. The van der Waals surface area contributed by atoms with Gasteiger partial charge in [-0.25, -0.2) is 4.79 Å². The van der Waals surface area contributed by atoms with Crippen molar-refractivity contribution in [3.8, 4) is 0 Å². The molecule has 4 amide bonds. The smallest absolute Gasteiger partial charge is 0.407 e. The van der Waals surface area contributed by atoms with Gasteiger partial charge in [0.1, 0.15) is 12.6 Å². The van der Waals surface area contributed by atoms with E-state index >= 15 is 0 Å². The summed E-state index contributed by atoms with van der Waals surface area (Å²) in [5.74, 6) is -0.476. The number of carbonyl (C=O) groups is 4. The van der Waals surface area contributed by atoms with Crippen molar-refractivity contribution in [2.45, 2.75) is 70.5 Å². The molecule has 178 valence electrons. The maximum Gasteiger partial charge on any atom is 0.407 e. The fourth-order valence-electron chi connectivity index (χ4n) is 5.52. The highest BCUT2D eigenvalue weighted by Gasteiger charge is 2.68. The molecule has 0 unspecified atom stereocenters. The number of imide groups is 1. The molecule has 4 fully saturated rings. The minimum Gasteiger partial charge on any atom is -0.448 e. The second-order valence-electron chi connectivity index (χ2n) is 10.4. The number of nitrogens with one attached hydrogen (secondary N) is 1. The lowest BCUT2D eigenvalue weighted by Gasteiger charge is -2.44. The lowest BCUT2D eigenvalue weighted by molar-refractivity contribution is -0.152. The summed E-state index contributed by atoms with van der Waals surface area (Å²) in [6, 6.07) is -1.26. The van der Waals surface area contributed by atoms with Crippen LogP contribution in [-0.4, -0.2) is 90.4 Å². The van der Waals surface area contributed by atoms with E-state index in [0.717, 1.165) is 32.1 Å². The highest BCUT2D eigenvalue weighted by atomic mass is 16.5. The highest BCUT2D eigenvalue weighted by Crippen LogP contribution is 2.56. The number of amides is 4.